The van der Waals surface area contributed by atoms with Gasteiger partial charge in [0.25, 0.3) is 0 Å². The summed E-state index contributed by atoms with van der Waals surface area (Å²) in [4.78, 5) is 0. The first-order valence-corrected chi connectivity index (χ1v) is 8.28. The van der Waals surface area contributed by atoms with Gasteiger partial charge in [0, 0.05) is 6.61 Å². The first-order chi connectivity index (χ1) is 9.70. The zero-order valence-corrected chi connectivity index (χ0v) is 13.0. The summed E-state index contributed by atoms with van der Waals surface area (Å²) < 4.78 is 0. The molecule has 0 fully saturated rings. The summed E-state index contributed by atoms with van der Waals surface area (Å²) in [6.45, 7) is 3.71. The van der Waals surface area contributed by atoms with Crippen molar-refractivity contribution < 1.29 is 15.3 Å². The predicted octanol–water partition coefficient (Wildman–Crippen LogP) is 3.57. The summed E-state index contributed by atoms with van der Waals surface area (Å²) in [6, 6.07) is 0. The van der Waals surface area contributed by atoms with Crippen LogP contribution in [0.3, 0.4) is 0 Å². The monoisotopic (exact) mass is 286 g/mol. The Kier molecular flexibility index (Phi) is 14.7. The maximum Gasteiger partial charge on any atom is 0.0586 e. The second-order valence-corrected chi connectivity index (χ2v) is 5.75. The molecule has 2 atom stereocenters. The van der Waals surface area contributed by atoms with Crippen molar-refractivity contribution in [1.29, 1.82) is 0 Å². The number of hydrogen-bond donors (Lipinski definition) is 3. The van der Waals surface area contributed by atoms with Crippen molar-refractivity contribution in [3.63, 3.8) is 0 Å². The fourth-order valence-electron chi connectivity index (χ4n) is 2.43. The van der Waals surface area contributed by atoms with Crippen LogP contribution in [0.25, 0.3) is 0 Å². The van der Waals surface area contributed by atoms with Crippen molar-refractivity contribution in [3.8, 4) is 0 Å². The molecule has 3 nitrogen and oxygen atoms in total. The molecule has 0 aliphatic rings. The van der Waals surface area contributed by atoms with Gasteiger partial charge >= 0.3 is 0 Å². The van der Waals surface area contributed by atoms with Gasteiger partial charge in [-0.25, -0.2) is 0 Å². The van der Waals surface area contributed by atoms with E-state index in [2.05, 4.69) is 6.58 Å². The smallest absolute Gasteiger partial charge is 0.0586 e. The molecule has 0 radical (unpaired) electrons. The fourth-order valence-corrected chi connectivity index (χ4v) is 2.43. The van der Waals surface area contributed by atoms with Crippen LogP contribution in [0.15, 0.2) is 12.7 Å². The van der Waals surface area contributed by atoms with E-state index in [1.807, 2.05) is 6.08 Å². The Hall–Kier alpha value is -0.380. The molecule has 3 N–H and O–H groups in total. The molecule has 0 aromatic heterocycles. The third-order valence-corrected chi connectivity index (χ3v) is 3.70. The Morgan fingerprint density at radius 2 is 1.25 bits per heavy atom. The molecule has 3 heteroatoms. The lowest BCUT2D eigenvalue weighted by Crippen LogP contribution is -2.18. The van der Waals surface area contributed by atoms with Gasteiger partial charge in [-0.2, -0.15) is 0 Å². The van der Waals surface area contributed by atoms with Crippen molar-refractivity contribution >= 4 is 0 Å². The van der Waals surface area contributed by atoms with E-state index in [9.17, 15) is 10.2 Å². The number of allylic oxidation sites excluding steroid dienone is 1. The predicted molar refractivity (Wildman–Crippen MR) is 84.7 cm³/mol. The average Bonchev–Trinajstić information content (AvgIpc) is 2.41. The molecule has 0 aromatic carbocycles. The van der Waals surface area contributed by atoms with Crippen LogP contribution < -0.4 is 0 Å². The molecule has 0 spiro atoms. The lowest BCUT2D eigenvalue weighted by Gasteiger charge is -2.14. The van der Waals surface area contributed by atoms with Gasteiger partial charge in [-0.1, -0.05) is 51.0 Å². The third-order valence-electron chi connectivity index (χ3n) is 3.70. The molecule has 0 saturated heterocycles. The Bertz CT molecular complexity index is 206. The highest BCUT2D eigenvalue weighted by Crippen LogP contribution is 2.13. The number of aliphatic hydroxyl groups is 3. The summed E-state index contributed by atoms with van der Waals surface area (Å²) in [7, 11) is 0. The topological polar surface area (TPSA) is 60.7 Å². The maximum atomic E-state index is 9.72. The molecule has 20 heavy (non-hydrogen) atoms. The van der Waals surface area contributed by atoms with E-state index in [0.29, 0.717) is 12.8 Å². The Balaban J connectivity index is 3.20. The molecule has 0 amide bonds. The number of aliphatic hydroxyl groups excluding tert-OH is 3. The van der Waals surface area contributed by atoms with Crippen LogP contribution >= 0.6 is 0 Å². The molecule has 0 rings (SSSR count). The summed E-state index contributed by atoms with van der Waals surface area (Å²) >= 11 is 0. The minimum absolute atomic E-state index is 0.0132. The zero-order valence-electron chi connectivity index (χ0n) is 13.0. The minimum Gasteiger partial charge on any atom is -0.396 e. The molecular weight excluding hydrogens is 252 g/mol. The van der Waals surface area contributed by atoms with Crippen molar-refractivity contribution in [2.24, 2.45) is 0 Å². The number of rotatable bonds is 15. The molecule has 0 bridgehead atoms. The zero-order chi connectivity index (χ0) is 15.1. The standard InChI is InChI=1S/C17H34O3/c1-2-3-4-5-6-7-8-9-10-11-12-16(19)15-17(20)13-14-18/h2,16-20H,1,3-15H2. The summed E-state index contributed by atoms with van der Waals surface area (Å²) in [5.41, 5.74) is 0. The van der Waals surface area contributed by atoms with E-state index in [1.165, 1.54) is 44.9 Å². The van der Waals surface area contributed by atoms with Crippen LogP contribution in [0.5, 0.6) is 0 Å². The van der Waals surface area contributed by atoms with Crippen molar-refractivity contribution in [2.45, 2.75) is 89.3 Å². The van der Waals surface area contributed by atoms with E-state index in [-0.39, 0.29) is 6.61 Å². The van der Waals surface area contributed by atoms with E-state index in [4.69, 9.17) is 5.11 Å². The van der Waals surface area contributed by atoms with E-state index < -0.39 is 12.2 Å². The summed E-state index contributed by atoms with van der Waals surface area (Å²) in [6.07, 6.45) is 13.6. The molecular formula is C17H34O3. The lowest BCUT2D eigenvalue weighted by molar-refractivity contribution is 0.0591. The summed E-state index contributed by atoms with van der Waals surface area (Å²) in [5, 5.41) is 27.8. The first-order valence-electron chi connectivity index (χ1n) is 8.28. The lowest BCUT2D eigenvalue weighted by atomic mass is 10.0. The molecule has 0 aliphatic carbocycles. The second-order valence-electron chi connectivity index (χ2n) is 5.75. The highest BCUT2D eigenvalue weighted by molar-refractivity contribution is 4.65. The van der Waals surface area contributed by atoms with Gasteiger partial charge in [0.2, 0.25) is 0 Å². The van der Waals surface area contributed by atoms with Gasteiger partial charge in [-0.05, 0) is 32.1 Å². The molecule has 0 aromatic rings. The Labute approximate surface area is 124 Å². The Morgan fingerprint density at radius 3 is 1.80 bits per heavy atom. The maximum absolute atomic E-state index is 9.72. The van der Waals surface area contributed by atoms with E-state index in [1.54, 1.807) is 0 Å². The van der Waals surface area contributed by atoms with Crippen LogP contribution in [-0.4, -0.2) is 34.1 Å². The molecule has 0 heterocycles. The normalized spacial score (nSPS) is 14.2. The molecule has 0 saturated carbocycles. The largest absolute Gasteiger partial charge is 0.396 e. The van der Waals surface area contributed by atoms with Crippen molar-refractivity contribution in [1.82, 2.24) is 0 Å². The third kappa shape index (κ3) is 14.0. The highest BCUT2D eigenvalue weighted by atomic mass is 16.3. The highest BCUT2D eigenvalue weighted by Gasteiger charge is 2.10. The van der Waals surface area contributed by atoms with E-state index >= 15 is 0 Å². The minimum atomic E-state index is -0.564. The summed E-state index contributed by atoms with van der Waals surface area (Å²) in [5.74, 6) is 0. The quantitative estimate of drug-likeness (QED) is 0.318. The van der Waals surface area contributed by atoms with Gasteiger partial charge in [0.1, 0.15) is 0 Å². The average molecular weight is 286 g/mol. The fraction of sp³-hybridized carbons (Fsp3) is 0.882. The van der Waals surface area contributed by atoms with Crippen molar-refractivity contribution in [2.75, 3.05) is 6.61 Å². The SMILES string of the molecule is C=CCCCCCCCCCCC(O)CC(O)CCO. The number of unbranched alkanes of at least 4 members (excludes halogenated alkanes) is 8. The van der Waals surface area contributed by atoms with Gasteiger partial charge in [-0.3, -0.25) is 0 Å². The second kappa shape index (κ2) is 15.0. The first kappa shape index (κ1) is 19.6. The van der Waals surface area contributed by atoms with Gasteiger partial charge in [0.15, 0.2) is 0 Å². The van der Waals surface area contributed by atoms with E-state index in [0.717, 1.165) is 19.3 Å². The number of hydrogen-bond acceptors (Lipinski definition) is 3. The van der Waals surface area contributed by atoms with Crippen LogP contribution in [0, 0.1) is 0 Å². The molecule has 120 valence electrons. The van der Waals surface area contributed by atoms with Crippen molar-refractivity contribution in [3.05, 3.63) is 12.7 Å². The van der Waals surface area contributed by atoms with Crippen LogP contribution in [0.4, 0.5) is 0 Å². The van der Waals surface area contributed by atoms with Gasteiger partial charge in [-0.15, -0.1) is 6.58 Å². The molecule has 2 unspecified atom stereocenters. The van der Waals surface area contributed by atoms with Crippen LogP contribution in [0.1, 0.15) is 77.0 Å². The van der Waals surface area contributed by atoms with Gasteiger partial charge in [0.05, 0.1) is 12.2 Å². The molecule has 0 aliphatic heterocycles. The Morgan fingerprint density at radius 1 is 0.750 bits per heavy atom. The van der Waals surface area contributed by atoms with Crippen LogP contribution in [0.2, 0.25) is 0 Å². The van der Waals surface area contributed by atoms with Gasteiger partial charge < -0.3 is 15.3 Å². The van der Waals surface area contributed by atoms with Crippen LogP contribution in [-0.2, 0) is 0 Å².